The number of benzene rings is 2. The average Bonchev–Trinajstić information content (AvgIpc) is 2.40. The monoisotopic (exact) mass is 291 g/mol. The summed E-state index contributed by atoms with van der Waals surface area (Å²) in [7, 11) is -3.36. The van der Waals surface area contributed by atoms with E-state index in [9.17, 15) is 12.8 Å². The van der Waals surface area contributed by atoms with E-state index in [4.69, 9.17) is 10.00 Å². The maximum Gasteiger partial charge on any atom is 0.175 e. The van der Waals surface area contributed by atoms with Crippen LogP contribution in [-0.2, 0) is 9.84 Å². The van der Waals surface area contributed by atoms with Crippen molar-refractivity contribution in [2.75, 3.05) is 6.26 Å². The van der Waals surface area contributed by atoms with Crippen molar-refractivity contribution in [2.45, 2.75) is 4.90 Å². The Morgan fingerprint density at radius 2 is 1.95 bits per heavy atom. The van der Waals surface area contributed by atoms with Gasteiger partial charge in [-0.25, -0.2) is 12.8 Å². The SMILES string of the molecule is CS(=O)(=O)c1cccc(Oc2ccc(C#N)cc2F)c1. The molecule has 0 aromatic heterocycles. The number of hydrogen-bond acceptors (Lipinski definition) is 4. The summed E-state index contributed by atoms with van der Waals surface area (Å²) in [6, 6.07) is 11.4. The smallest absolute Gasteiger partial charge is 0.175 e. The quantitative estimate of drug-likeness (QED) is 0.872. The van der Waals surface area contributed by atoms with Crippen molar-refractivity contribution in [3.63, 3.8) is 0 Å². The van der Waals surface area contributed by atoms with Gasteiger partial charge in [0.05, 0.1) is 16.5 Å². The van der Waals surface area contributed by atoms with Crippen LogP contribution in [0.25, 0.3) is 0 Å². The Hall–Kier alpha value is -2.39. The van der Waals surface area contributed by atoms with Crippen molar-refractivity contribution < 1.29 is 17.5 Å². The molecule has 0 N–H and O–H groups in total. The Morgan fingerprint density at radius 3 is 2.55 bits per heavy atom. The molecule has 0 heterocycles. The maximum absolute atomic E-state index is 13.7. The number of nitriles is 1. The molecule has 0 unspecified atom stereocenters. The van der Waals surface area contributed by atoms with Crippen molar-refractivity contribution in [2.24, 2.45) is 0 Å². The number of sulfone groups is 1. The van der Waals surface area contributed by atoms with Crippen LogP contribution in [0, 0.1) is 17.1 Å². The number of rotatable bonds is 3. The molecule has 0 fully saturated rings. The topological polar surface area (TPSA) is 67.2 Å². The summed E-state index contributed by atoms with van der Waals surface area (Å²) in [5.74, 6) is -0.556. The average molecular weight is 291 g/mol. The van der Waals surface area contributed by atoms with Crippen LogP contribution in [0.3, 0.4) is 0 Å². The fourth-order valence-electron chi connectivity index (χ4n) is 1.55. The highest BCUT2D eigenvalue weighted by Gasteiger charge is 2.10. The second kappa shape index (κ2) is 5.31. The van der Waals surface area contributed by atoms with E-state index in [0.717, 1.165) is 12.3 Å². The molecule has 0 aliphatic rings. The molecule has 0 spiro atoms. The van der Waals surface area contributed by atoms with Gasteiger partial charge in [-0.05, 0) is 36.4 Å². The third-order valence-electron chi connectivity index (χ3n) is 2.52. The first kappa shape index (κ1) is 14.0. The molecule has 0 aliphatic carbocycles. The summed E-state index contributed by atoms with van der Waals surface area (Å²) >= 11 is 0. The Bertz CT molecular complexity index is 794. The lowest BCUT2D eigenvalue weighted by atomic mass is 10.2. The first-order valence-electron chi connectivity index (χ1n) is 5.58. The Morgan fingerprint density at radius 1 is 1.20 bits per heavy atom. The van der Waals surface area contributed by atoms with Gasteiger partial charge in [-0.15, -0.1) is 0 Å². The highest BCUT2D eigenvalue weighted by atomic mass is 32.2. The molecule has 6 heteroatoms. The van der Waals surface area contributed by atoms with Crippen LogP contribution in [0.4, 0.5) is 4.39 Å². The van der Waals surface area contributed by atoms with Crippen LogP contribution in [0.2, 0.25) is 0 Å². The normalized spacial score (nSPS) is 10.8. The van der Waals surface area contributed by atoms with Crippen LogP contribution in [0.5, 0.6) is 11.5 Å². The van der Waals surface area contributed by atoms with Crippen LogP contribution in [0.15, 0.2) is 47.4 Å². The van der Waals surface area contributed by atoms with Crippen molar-refractivity contribution in [3.8, 4) is 17.6 Å². The fraction of sp³-hybridized carbons (Fsp3) is 0.0714. The van der Waals surface area contributed by atoms with Crippen molar-refractivity contribution in [1.82, 2.24) is 0 Å². The third kappa shape index (κ3) is 3.13. The summed E-state index contributed by atoms with van der Waals surface area (Å²) in [5.41, 5.74) is 0.180. The molecular formula is C14H10FNO3S. The molecule has 20 heavy (non-hydrogen) atoms. The van der Waals surface area contributed by atoms with Gasteiger partial charge in [0, 0.05) is 6.26 Å². The minimum atomic E-state index is -3.36. The van der Waals surface area contributed by atoms with Crippen LogP contribution < -0.4 is 4.74 Å². The predicted octanol–water partition coefficient (Wildman–Crippen LogP) is 2.89. The van der Waals surface area contributed by atoms with E-state index in [-0.39, 0.29) is 22.0 Å². The largest absolute Gasteiger partial charge is 0.454 e. The predicted molar refractivity (Wildman–Crippen MR) is 70.7 cm³/mol. The maximum atomic E-state index is 13.7. The molecule has 0 bridgehead atoms. The van der Waals surface area contributed by atoms with Gasteiger partial charge in [0.1, 0.15) is 5.75 Å². The van der Waals surface area contributed by atoms with E-state index >= 15 is 0 Å². The number of ether oxygens (including phenoxy) is 1. The van der Waals surface area contributed by atoms with Gasteiger partial charge < -0.3 is 4.74 Å². The van der Waals surface area contributed by atoms with Gasteiger partial charge >= 0.3 is 0 Å². The van der Waals surface area contributed by atoms with E-state index in [0.29, 0.717) is 0 Å². The minimum Gasteiger partial charge on any atom is -0.454 e. The van der Waals surface area contributed by atoms with Gasteiger partial charge in [0.15, 0.2) is 21.4 Å². The van der Waals surface area contributed by atoms with E-state index in [2.05, 4.69) is 0 Å². The molecule has 102 valence electrons. The van der Waals surface area contributed by atoms with Crippen LogP contribution in [-0.4, -0.2) is 14.7 Å². The lowest BCUT2D eigenvalue weighted by molar-refractivity contribution is 0.441. The number of hydrogen-bond donors (Lipinski definition) is 0. The molecule has 4 nitrogen and oxygen atoms in total. The van der Waals surface area contributed by atoms with E-state index in [1.165, 1.54) is 36.4 Å². The Labute approximate surface area is 116 Å². The van der Waals surface area contributed by atoms with E-state index in [1.807, 2.05) is 6.07 Å². The van der Waals surface area contributed by atoms with Crippen LogP contribution in [0.1, 0.15) is 5.56 Å². The molecule has 0 aliphatic heterocycles. The molecule has 2 aromatic carbocycles. The summed E-state index contributed by atoms with van der Waals surface area (Å²) in [6.07, 6.45) is 1.08. The van der Waals surface area contributed by atoms with E-state index < -0.39 is 15.7 Å². The number of nitrogens with zero attached hydrogens (tertiary/aromatic N) is 1. The first-order chi connectivity index (χ1) is 9.40. The summed E-state index contributed by atoms with van der Waals surface area (Å²) in [5, 5.41) is 8.64. The second-order valence-electron chi connectivity index (χ2n) is 4.11. The zero-order valence-corrected chi connectivity index (χ0v) is 11.3. The standard InChI is InChI=1S/C14H10FNO3S/c1-20(17,18)12-4-2-3-11(8-12)19-14-6-5-10(9-16)7-13(14)15/h2-8H,1H3. The minimum absolute atomic E-state index is 0.0744. The molecule has 0 saturated heterocycles. The summed E-state index contributed by atoms with van der Waals surface area (Å²) < 4.78 is 41.8. The van der Waals surface area contributed by atoms with Gasteiger partial charge in [-0.1, -0.05) is 6.07 Å². The molecule has 2 rings (SSSR count). The lowest BCUT2D eigenvalue weighted by Gasteiger charge is -2.08. The summed E-state index contributed by atoms with van der Waals surface area (Å²) in [4.78, 5) is 0.0871. The number of halogens is 1. The van der Waals surface area contributed by atoms with Crippen molar-refractivity contribution in [3.05, 3.63) is 53.8 Å². The Kier molecular flexibility index (Phi) is 3.72. The highest BCUT2D eigenvalue weighted by Crippen LogP contribution is 2.26. The molecule has 0 saturated carbocycles. The highest BCUT2D eigenvalue weighted by molar-refractivity contribution is 7.90. The Balaban J connectivity index is 2.34. The van der Waals surface area contributed by atoms with Gasteiger partial charge in [-0.3, -0.25) is 0 Å². The van der Waals surface area contributed by atoms with Gasteiger partial charge in [-0.2, -0.15) is 5.26 Å². The van der Waals surface area contributed by atoms with Gasteiger partial charge in [0.25, 0.3) is 0 Å². The molecule has 0 atom stereocenters. The van der Waals surface area contributed by atoms with Gasteiger partial charge in [0.2, 0.25) is 0 Å². The van der Waals surface area contributed by atoms with E-state index in [1.54, 1.807) is 0 Å². The molecule has 0 radical (unpaired) electrons. The molecule has 0 amide bonds. The fourth-order valence-corrected chi connectivity index (χ4v) is 2.20. The first-order valence-corrected chi connectivity index (χ1v) is 7.47. The van der Waals surface area contributed by atoms with Crippen LogP contribution >= 0.6 is 0 Å². The summed E-state index contributed by atoms with van der Waals surface area (Å²) in [6.45, 7) is 0. The lowest BCUT2D eigenvalue weighted by Crippen LogP contribution is -1.97. The zero-order chi connectivity index (χ0) is 14.8. The second-order valence-corrected chi connectivity index (χ2v) is 6.12. The molecular weight excluding hydrogens is 281 g/mol. The zero-order valence-electron chi connectivity index (χ0n) is 10.5. The third-order valence-corrected chi connectivity index (χ3v) is 3.63. The van der Waals surface area contributed by atoms with Crippen molar-refractivity contribution >= 4 is 9.84 Å². The van der Waals surface area contributed by atoms with Crippen molar-refractivity contribution in [1.29, 1.82) is 5.26 Å². The molecule has 2 aromatic rings.